The summed E-state index contributed by atoms with van der Waals surface area (Å²) in [6.45, 7) is 14.3. The number of halogens is 3. The van der Waals surface area contributed by atoms with Crippen LogP contribution >= 0.6 is 34.8 Å². The van der Waals surface area contributed by atoms with Crippen molar-refractivity contribution < 1.29 is 28.1 Å². The van der Waals surface area contributed by atoms with Crippen LogP contribution in [0.5, 0.6) is 0 Å². The highest BCUT2D eigenvalue weighted by Gasteiger charge is 2.56. The number of hydrogen-bond acceptors (Lipinski definition) is 7. The molecule has 1 heterocycles. The third kappa shape index (κ3) is 10.8. The molecule has 3 aromatic rings. The summed E-state index contributed by atoms with van der Waals surface area (Å²) < 4.78 is 38.0. The fourth-order valence-corrected chi connectivity index (χ4v) is 12.5. The van der Waals surface area contributed by atoms with Crippen molar-refractivity contribution in [3.05, 3.63) is 108 Å². The van der Waals surface area contributed by atoms with Crippen LogP contribution in [0.4, 0.5) is 0 Å². The highest BCUT2D eigenvalue weighted by Crippen LogP contribution is 2.46. The molecule has 1 N–H and O–H groups in total. The lowest BCUT2D eigenvalue weighted by atomic mass is 9.98. The van der Waals surface area contributed by atoms with Gasteiger partial charge in [0, 0.05) is 0 Å². The molecule has 0 saturated carbocycles. The Morgan fingerprint density at radius 2 is 1.10 bits per heavy atom. The minimum atomic E-state index is -2.61. The van der Waals surface area contributed by atoms with Crippen LogP contribution in [0.15, 0.2) is 91.0 Å². The van der Waals surface area contributed by atoms with Crippen LogP contribution in [0.3, 0.4) is 0 Å². The molecule has 1 aliphatic heterocycles. The average Bonchev–Trinajstić information content (AvgIpc) is 3.06. The Balaban J connectivity index is 1.79. The molecule has 0 bridgehead atoms. The Kier molecular flexibility index (Phi) is 15.0. The van der Waals surface area contributed by atoms with E-state index in [1.165, 1.54) is 0 Å². The predicted molar refractivity (Wildman–Crippen MR) is 200 cm³/mol. The van der Waals surface area contributed by atoms with Gasteiger partial charge >= 0.3 is 0 Å². The molecule has 3 aromatic carbocycles. The highest BCUT2D eigenvalue weighted by atomic mass is 35.6. The summed E-state index contributed by atoms with van der Waals surface area (Å²) in [5, 5.41) is 8.57. The fourth-order valence-electron chi connectivity index (χ4n) is 6.85. The molecule has 0 amide bonds. The van der Waals surface area contributed by atoms with Crippen molar-refractivity contribution in [3.63, 3.8) is 0 Å². The standard InChI is InChI=1S/C38H50Cl3NO6Si/c1-26(2)49(27(3)4,28(5)6)48-35-34(45-24-31-20-14-9-15-21-31)33(44-23-30-18-12-8-13-19-30)32(25-43-22-29-16-10-7-11-17-29)46-36(35)47-37(42)38(39,40)41/h7-21,26-28,32-36,42H,22-25H2,1-6H3/t32-,33-,34+,35-,36-/m1/s1. The van der Waals surface area contributed by atoms with Crippen LogP contribution in [-0.4, -0.2) is 55.3 Å². The number of alkyl halides is 3. The minimum Gasteiger partial charge on any atom is -0.445 e. The van der Waals surface area contributed by atoms with Gasteiger partial charge in [0.25, 0.3) is 3.79 Å². The Hall–Kier alpha value is -1.98. The van der Waals surface area contributed by atoms with Crippen molar-refractivity contribution in [2.75, 3.05) is 6.61 Å². The van der Waals surface area contributed by atoms with E-state index in [4.69, 9.17) is 68.3 Å². The molecule has 7 nitrogen and oxygen atoms in total. The molecule has 49 heavy (non-hydrogen) atoms. The largest absolute Gasteiger partial charge is 0.445 e. The Morgan fingerprint density at radius 1 is 0.673 bits per heavy atom. The second-order valence-corrected chi connectivity index (χ2v) is 21.1. The second-order valence-electron chi connectivity index (χ2n) is 13.4. The maximum atomic E-state index is 8.57. The van der Waals surface area contributed by atoms with Crippen molar-refractivity contribution in [1.29, 1.82) is 5.41 Å². The van der Waals surface area contributed by atoms with Gasteiger partial charge in [0.2, 0.25) is 20.5 Å². The molecule has 0 aliphatic carbocycles. The summed E-state index contributed by atoms with van der Waals surface area (Å²) >= 11 is 18.5. The number of benzene rings is 3. The molecule has 0 spiro atoms. The van der Waals surface area contributed by atoms with Crippen LogP contribution in [-0.2, 0) is 47.9 Å². The summed E-state index contributed by atoms with van der Waals surface area (Å²) in [7, 11) is -2.61. The van der Waals surface area contributed by atoms with E-state index in [2.05, 4.69) is 41.5 Å². The topological polar surface area (TPSA) is 79.2 Å². The maximum Gasteiger partial charge on any atom is 0.265 e. The van der Waals surface area contributed by atoms with E-state index in [1.807, 2.05) is 91.0 Å². The van der Waals surface area contributed by atoms with E-state index in [1.54, 1.807) is 0 Å². The van der Waals surface area contributed by atoms with E-state index in [0.717, 1.165) is 16.7 Å². The average molecular weight is 751 g/mol. The van der Waals surface area contributed by atoms with Gasteiger partial charge in [0.05, 0.1) is 26.4 Å². The Bertz CT molecular complexity index is 1390. The van der Waals surface area contributed by atoms with Crippen molar-refractivity contribution >= 4 is 49.0 Å². The maximum absolute atomic E-state index is 8.57. The van der Waals surface area contributed by atoms with E-state index >= 15 is 0 Å². The summed E-state index contributed by atoms with van der Waals surface area (Å²) in [6.07, 6.45) is -4.03. The molecule has 0 radical (unpaired) electrons. The normalized spacial score (nSPS) is 21.8. The molecule has 11 heteroatoms. The lowest BCUT2D eigenvalue weighted by Gasteiger charge is -2.51. The first-order valence-electron chi connectivity index (χ1n) is 16.9. The van der Waals surface area contributed by atoms with Gasteiger partial charge < -0.3 is 28.1 Å². The van der Waals surface area contributed by atoms with Crippen molar-refractivity contribution in [3.8, 4) is 0 Å². The van der Waals surface area contributed by atoms with Crippen molar-refractivity contribution in [2.45, 2.75) is 112 Å². The van der Waals surface area contributed by atoms with Gasteiger partial charge in [-0.3, -0.25) is 5.41 Å². The molecular weight excluding hydrogens is 701 g/mol. The third-order valence-electron chi connectivity index (χ3n) is 9.09. The second kappa shape index (κ2) is 18.5. The zero-order valence-electron chi connectivity index (χ0n) is 29.2. The lowest BCUT2D eigenvalue weighted by molar-refractivity contribution is -0.300. The summed E-state index contributed by atoms with van der Waals surface area (Å²) in [6, 6.07) is 29.8. The zero-order valence-corrected chi connectivity index (χ0v) is 32.5. The monoisotopic (exact) mass is 749 g/mol. The quantitative estimate of drug-likeness (QED) is 0.0680. The number of rotatable bonds is 16. The van der Waals surface area contributed by atoms with Crippen LogP contribution < -0.4 is 0 Å². The number of ether oxygens (including phenoxy) is 5. The molecule has 1 saturated heterocycles. The first-order valence-corrected chi connectivity index (χ1v) is 20.2. The molecule has 5 atom stereocenters. The van der Waals surface area contributed by atoms with Gasteiger partial charge in [-0.25, -0.2) is 0 Å². The summed E-state index contributed by atoms with van der Waals surface area (Å²) in [4.78, 5) is 0. The van der Waals surface area contributed by atoms with Gasteiger partial charge in [0.15, 0.2) is 0 Å². The third-order valence-corrected chi connectivity index (χ3v) is 15.7. The SMILES string of the molecule is CC(C)[Si](O[C@H]1[C@@H](OC(=N)C(Cl)(Cl)Cl)O[C@H](COCc2ccccc2)[C@@H](OCc2ccccc2)[C@@H]1OCc1ccccc1)(C(C)C)C(C)C. The molecule has 0 aromatic heterocycles. The smallest absolute Gasteiger partial charge is 0.265 e. The van der Waals surface area contributed by atoms with Gasteiger partial charge in [0.1, 0.15) is 24.4 Å². The molecule has 4 rings (SSSR count). The lowest BCUT2D eigenvalue weighted by Crippen LogP contribution is -2.66. The van der Waals surface area contributed by atoms with Gasteiger partial charge in [-0.1, -0.05) is 167 Å². The Morgan fingerprint density at radius 3 is 1.53 bits per heavy atom. The van der Waals surface area contributed by atoms with Crippen LogP contribution in [0.25, 0.3) is 0 Å². The van der Waals surface area contributed by atoms with Crippen LogP contribution in [0.1, 0.15) is 58.2 Å². The van der Waals surface area contributed by atoms with Crippen LogP contribution in [0.2, 0.25) is 16.6 Å². The van der Waals surface area contributed by atoms with Crippen LogP contribution in [0, 0.1) is 5.41 Å². The molecule has 0 unspecified atom stereocenters. The fraction of sp³-hybridized carbons (Fsp3) is 0.500. The first-order chi connectivity index (χ1) is 23.3. The zero-order chi connectivity index (χ0) is 35.6. The van der Waals surface area contributed by atoms with E-state index in [-0.39, 0.29) is 29.8 Å². The van der Waals surface area contributed by atoms with Gasteiger partial charge in [-0.2, -0.15) is 0 Å². The van der Waals surface area contributed by atoms with Crippen molar-refractivity contribution in [1.82, 2.24) is 0 Å². The first kappa shape index (κ1) is 39.8. The molecule has 268 valence electrons. The van der Waals surface area contributed by atoms with E-state index in [0.29, 0.717) is 13.2 Å². The number of nitrogens with one attached hydrogen (secondary N) is 1. The van der Waals surface area contributed by atoms with E-state index < -0.39 is 48.7 Å². The predicted octanol–water partition coefficient (Wildman–Crippen LogP) is 10.0. The van der Waals surface area contributed by atoms with E-state index in [9.17, 15) is 0 Å². The minimum absolute atomic E-state index is 0.147. The molecule has 1 fully saturated rings. The van der Waals surface area contributed by atoms with Gasteiger partial charge in [-0.05, 0) is 33.3 Å². The van der Waals surface area contributed by atoms with Crippen molar-refractivity contribution in [2.24, 2.45) is 0 Å². The Labute approximate surface area is 308 Å². The summed E-state index contributed by atoms with van der Waals surface area (Å²) in [5.41, 5.74) is 3.68. The van der Waals surface area contributed by atoms with Gasteiger partial charge in [-0.15, -0.1) is 0 Å². The molecular formula is C38H50Cl3NO6Si. The number of hydrogen-bond donors (Lipinski definition) is 1. The summed E-state index contributed by atoms with van der Waals surface area (Å²) in [5.74, 6) is -0.573. The highest BCUT2D eigenvalue weighted by molar-refractivity contribution is 6.77. The molecule has 1 aliphatic rings.